The number of halogens is 1. The number of fused-ring (bicyclic) bond motifs is 1. The van der Waals surface area contributed by atoms with Gasteiger partial charge in [-0.25, -0.2) is 9.18 Å². The standard InChI is InChI=1S/C19H28FN3O2/c1-5-6-9-21-17(23-18(24)25-19(2,3)4)10-13-12-22-16-8-7-14(20)11-15(13)16/h7-8,11-12,17,21-22H,5-6,9-10H2,1-4H3,(H,23,24)/t17-/m1/s1. The van der Waals surface area contributed by atoms with Crippen molar-refractivity contribution in [3.63, 3.8) is 0 Å². The van der Waals surface area contributed by atoms with Crippen molar-refractivity contribution in [3.05, 3.63) is 35.8 Å². The first-order valence-electron chi connectivity index (χ1n) is 8.77. The van der Waals surface area contributed by atoms with Crippen LogP contribution in [-0.4, -0.2) is 29.4 Å². The molecule has 1 aromatic heterocycles. The summed E-state index contributed by atoms with van der Waals surface area (Å²) in [5.74, 6) is -0.274. The lowest BCUT2D eigenvalue weighted by atomic mass is 10.1. The third-order valence-electron chi connectivity index (χ3n) is 3.77. The van der Waals surface area contributed by atoms with Crippen molar-refractivity contribution in [2.75, 3.05) is 6.54 Å². The minimum Gasteiger partial charge on any atom is -0.444 e. The van der Waals surface area contributed by atoms with Crippen LogP contribution in [0.4, 0.5) is 9.18 Å². The molecule has 0 radical (unpaired) electrons. The fraction of sp³-hybridized carbons (Fsp3) is 0.526. The molecule has 1 heterocycles. The minimum absolute atomic E-state index is 0.274. The zero-order valence-electron chi connectivity index (χ0n) is 15.4. The molecule has 0 saturated heterocycles. The van der Waals surface area contributed by atoms with Crippen LogP contribution < -0.4 is 10.6 Å². The molecule has 138 valence electrons. The number of unbranched alkanes of at least 4 members (excludes halogenated alkanes) is 1. The molecule has 0 spiro atoms. The summed E-state index contributed by atoms with van der Waals surface area (Å²) in [6, 6.07) is 4.66. The highest BCUT2D eigenvalue weighted by Gasteiger charge is 2.20. The number of alkyl carbamates (subject to hydrolysis) is 1. The third-order valence-corrected chi connectivity index (χ3v) is 3.77. The molecule has 2 rings (SSSR count). The number of rotatable bonds is 7. The summed E-state index contributed by atoms with van der Waals surface area (Å²) in [5, 5.41) is 7.03. The van der Waals surface area contributed by atoms with E-state index in [0.29, 0.717) is 6.42 Å². The van der Waals surface area contributed by atoms with Crippen LogP contribution in [0.3, 0.4) is 0 Å². The third kappa shape index (κ3) is 6.05. The van der Waals surface area contributed by atoms with Crippen molar-refractivity contribution in [3.8, 4) is 0 Å². The summed E-state index contributed by atoms with van der Waals surface area (Å²) >= 11 is 0. The van der Waals surface area contributed by atoms with Crippen molar-refractivity contribution >= 4 is 17.0 Å². The highest BCUT2D eigenvalue weighted by molar-refractivity contribution is 5.83. The largest absolute Gasteiger partial charge is 0.444 e. The maximum atomic E-state index is 13.6. The molecule has 1 atom stereocenters. The fourth-order valence-electron chi connectivity index (χ4n) is 2.62. The second-order valence-corrected chi connectivity index (χ2v) is 7.21. The Hall–Kier alpha value is -2.08. The van der Waals surface area contributed by atoms with Crippen LogP contribution in [0.15, 0.2) is 24.4 Å². The van der Waals surface area contributed by atoms with E-state index in [1.54, 1.807) is 6.07 Å². The Morgan fingerprint density at radius 3 is 2.80 bits per heavy atom. The lowest BCUT2D eigenvalue weighted by Gasteiger charge is -2.24. The van der Waals surface area contributed by atoms with E-state index in [0.717, 1.165) is 35.9 Å². The van der Waals surface area contributed by atoms with Gasteiger partial charge in [-0.1, -0.05) is 13.3 Å². The lowest BCUT2D eigenvalue weighted by molar-refractivity contribution is 0.0494. The van der Waals surface area contributed by atoms with Gasteiger partial charge in [0.05, 0.1) is 6.17 Å². The van der Waals surface area contributed by atoms with Gasteiger partial charge in [-0.2, -0.15) is 0 Å². The maximum absolute atomic E-state index is 13.6. The van der Waals surface area contributed by atoms with E-state index >= 15 is 0 Å². The fourth-order valence-corrected chi connectivity index (χ4v) is 2.62. The predicted molar refractivity (Wildman–Crippen MR) is 98.0 cm³/mol. The molecule has 0 aliphatic rings. The van der Waals surface area contributed by atoms with Gasteiger partial charge in [0.15, 0.2) is 0 Å². The van der Waals surface area contributed by atoms with Crippen LogP contribution >= 0.6 is 0 Å². The van der Waals surface area contributed by atoms with Gasteiger partial charge < -0.3 is 15.0 Å². The summed E-state index contributed by atoms with van der Waals surface area (Å²) in [6.45, 7) is 8.38. The molecule has 2 aromatic rings. The van der Waals surface area contributed by atoms with Gasteiger partial charge in [0.25, 0.3) is 0 Å². The number of carbonyl (C=O) groups is 1. The second kappa shape index (κ2) is 8.34. The molecule has 1 amide bonds. The Kier molecular flexibility index (Phi) is 6.42. The number of ether oxygens (including phenoxy) is 1. The van der Waals surface area contributed by atoms with Crippen LogP contribution in [0.5, 0.6) is 0 Å². The van der Waals surface area contributed by atoms with Crippen LogP contribution in [-0.2, 0) is 11.2 Å². The molecular weight excluding hydrogens is 321 g/mol. The van der Waals surface area contributed by atoms with Crippen molar-refractivity contribution in [2.24, 2.45) is 0 Å². The summed E-state index contributed by atoms with van der Waals surface area (Å²) in [7, 11) is 0. The quantitative estimate of drug-likeness (QED) is 0.521. The van der Waals surface area contributed by atoms with Gasteiger partial charge in [-0.15, -0.1) is 0 Å². The van der Waals surface area contributed by atoms with Crippen molar-refractivity contribution < 1.29 is 13.9 Å². The first-order valence-corrected chi connectivity index (χ1v) is 8.77. The second-order valence-electron chi connectivity index (χ2n) is 7.21. The number of benzene rings is 1. The molecule has 25 heavy (non-hydrogen) atoms. The number of carbonyl (C=O) groups excluding carboxylic acids is 1. The lowest BCUT2D eigenvalue weighted by Crippen LogP contribution is -2.48. The van der Waals surface area contributed by atoms with E-state index in [-0.39, 0.29) is 12.0 Å². The van der Waals surface area contributed by atoms with E-state index in [1.165, 1.54) is 12.1 Å². The van der Waals surface area contributed by atoms with Crippen LogP contribution in [0, 0.1) is 5.82 Å². The number of aromatic amines is 1. The van der Waals surface area contributed by atoms with Gasteiger partial charge in [0, 0.05) is 23.5 Å². The molecule has 3 N–H and O–H groups in total. The molecule has 0 aliphatic heterocycles. The molecule has 0 fully saturated rings. The zero-order valence-corrected chi connectivity index (χ0v) is 15.4. The smallest absolute Gasteiger partial charge is 0.408 e. The molecule has 0 unspecified atom stereocenters. The molecule has 0 bridgehead atoms. The SMILES string of the molecule is CCCCN[C@@H](Cc1c[nH]c2ccc(F)cc12)NC(=O)OC(C)(C)C. The summed E-state index contributed by atoms with van der Waals surface area (Å²) < 4.78 is 18.9. The van der Waals surface area contributed by atoms with Gasteiger partial charge >= 0.3 is 6.09 Å². The predicted octanol–water partition coefficient (Wildman–Crippen LogP) is 4.09. The van der Waals surface area contributed by atoms with Crippen molar-refractivity contribution in [1.82, 2.24) is 15.6 Å². The average molecular weight is 349 g/mol. The molecule has 0 saturated carbocycles. The number of nitrogens with one attached hydrogen (secondary N) is 3. The first kappa shape index (κ1) is 19.2. The highest BCUT2D eigenvalue weighted by atomic mass is 19.1. The van der Waals surface area contributed by atoms with E-state index < -0.39 is 11.7 Å². The molecule has 5 nitrogen and oxygen atoms in total. The number of amides is 1. The monoisotopic (exact) mass is 349 g/mol. The Balaban J connectivity index is 2.11. The average Bonchev–Trinajstić information content (AvgIpc) is 2.87. The van der Waals surface area contributed by atoms with E-state index in [9.17, 15) is 9.18 Å². The molecule has 1 aromatic carbocycles. The van der Waals surface area contributed by atoms with Crippen LogP contribution in [0.25, 0.3) is 10.9 Å². The Morgan fingerprint density at radius 2 is 2.12 bits per heavy atom. The summed E-state index contributed by atoms with van der Waals surface area (Å²) in [6.07, 6.45) is 3.71. The molecular formula is C19H28FN3O2. The normalized spacial score (nSPS) is 13.0. The summed E-state index contributed by atoms with van der Waals surface area (Å²) in [4.78, 5) is 15.2. The van der Waals surface area contributed by atoms with Crippen LogP contribution in [0.1, 0.15) is 46.1 Å². The number of aromatic nitrogens is 1. The van der Waals surface area contributed by atoms with Crippen LogP contribution in [0.2, 0.25) is 0 Å². The van der Waals surface area contributed by atoms with Crippen molar-refractivity contribution in [2.45, 2.75) is 58.7 Å². The Morgan fingerprint density at radius 1 is 1.36 bits per heavy atom. The van der Waals surface area contributed by atoms with Gasteiger partial charge in [0.2, 0.25) is 0 Å². The number of H-pyrrole nitrogens is 1. The number of hydrogen-bond donors (Lipinski definition) is 3. The van der Waals surface area contributed by atoms with Gasteiger partial charge in [0.1, 0.15) is 11.4 Å². The minimum atomic E-state index is -0.554. The zero-order chi connectivity index (χ0) is 18.4. The Labute approximate surface area is 148 Å². The summed E-state index contributed by atoms with van der Waals surface area (Å²) in [5.41, 5.74) is 1.27. The maximum Gasteiger partial charge on any atom is 0.408 e. The van der Waals surface area contributed by atoms with Crippen molar-refractivity contribution in [1.29, 1.82) is 0 Å². The molecule has 0 aliphatic carbocycles. The Bertz CT molecular complexity index is 706. The molecule has 6 heteroatoms. The first-order chi connectivity index (χ1) is 11.8. The van der Waals surface area contributed by atoms with Gasteiger partial charge in [-0.3, -0.25) is 5.32 Å². The number of hydrogen-bond acceptors (Lipinski definition) is 3. The highest BCUT2D eigenvalue weighted by Crippen LogP contribution is 2.20. The van der Waals surface area contributed by atoms with Gasteiger partial charge in [-0.05, 0) is 57.5 Å². The van der Waals surface area contributed by atoms with E-state index in [4.69, 9.17) is 4.74 Å². The van der Waals surface area contributed by atoms with E-state index in [1.807, 2.05) is 27.0 Å². The van der Waals surface area contributed by atoms with E-state index in [2.05, 4.69) is 22.5 Å². The topological polar surface area (TPSA) is 66.2 Å².